The molecule has 0 aromatic carbocycles. The van der Waals surface area contributed by atoms with Crippen molar-refractivity contribution in [1.82, 2.24) is 10.4 Å². The van der Waals surface area contributed by atoms with Crippen LogP contribution in [0.5, 0.6) is 0 Å². The molecule has 3 nitrogen and oxygen atoms in total. The minimum Gasteiger partial charge on any atom is -0.709 e. The third-order valence-corrected chi connectivity index (χ3v) is 2.04. The fourth-order valence-electron chi connectivity index (χ4n) is 1.02. The van der Waals surface area contributed by atoms with Gasteiger partial charge in [0.2, 0.25) is 0 Å². The van der Waals surface area contributed by atoms with Crippen LogP contribution in [0.1, 0.15) is 6.92 Å². The Morgan fingerprint density at radius 1 is 1.89 bits per heavy atom. The molecule has 2 N–H and O–H groups in total. The fourth-order valence-corrected chi connectivity index (χ4v) is 1.44. The minimum absolute atomic E-state index is 0.181. The first-order valence-electron chi connectivity index (χ1n) is 3.21. The summed E-state index contributed by atoms with van der Waals surface area (Å²) in [5, 5.41) is 2.04. The van der Waals surface area contributed by atoms with Gasteiger partial charge in [0, 0.05) is 12.5 Å². The van der Waals surface area contributed by atoms with Crippen LogP contribution in [0, 0.1) is 0 Å². The second kappa shape index (κ2) is 2.88. The van der Waals surface area contributed by atoms with Crippen molar-refractivity contribution in [3.63, 3.8) is 0 Å². The third kappa shape index (κ3) is 1.58. The van der Waals surface area contributed by atoms with Crippen LogP contribution >= 0.6 is 0 Å². The van der Waals surface area contributed by atoms with E-state index < -0.39 is 0 Å². The fraction of sp³-hybridized carbons (Fsp3) is 1.00. The van der Waals surface area contributed by atoms with Crippen molar-refractivity contribution < 1.29 is 4.90 Å². The summed E-state index contributed by atoms with van der Waals surface area (Å²) in [6, 6.07) is 0. The highest BCUT2D eigenvalue weighted by atomic mass is 32.1. The highest BCUT2D eigenvalue weighted by molar-refractivity contribution is 7.59. The first-order chi connectivity index (χ1) is 4.24. The lowest BCUT2D eigenvalue weighted by atomic mass is 10.6. The molecule has 2 atom stereocenters. The Morgan fingerprint density at radius 2 is 2.56 bits per heavy atom. The van der Waals surface area contributed by atoms with E-state index in [1.807, 2.05) is 12.1 Å². The molecule has 0 aromatic heterocycles. The quantitative estimate of drug-likeness (QED) is 0.424. The average molecular weight is 147 g/mol. The standard InChI is InChI=1S/C5H13N3S/c1-3-8-4-7(2)6-5(8)9/h5-6,9H,3-4H2,1-2H3. The summed E-state index contributed by atoms with van der Waals surface area (Å²) in [5.74, 6) is 0. The lowest BCUT2D eigenvalue weighted by Crippen LogP contribution is -3.14. The van der Waals surface area contributed by atoms with Crippen LogP contribution in [0.15, 0.2) is 0 Å². The van der Waals surface area contributed by atoms with Gasteiger partial charge in [0.25, 0.3) is 0 Å². The Morgan fingerprint density at radius 3 is 2.78 bits per heavy atom. The molecular formula is C5H13N3S. The molecule has 1 rings (SSSR count). The summed E-state index contributed by atoms with van der Waals surface area (Å²) < 4.78 is 0. The Labute approximate surface area is 61.4 Å². The summed E-state index contributed by atoms with van der Waals surface area (Å²) in [6.45, 7) is 4.27. The topological polar surface area (TPSA) is 19.7 Å². The van der Waals surface area contributed by atoms with E-state index in [0.29, 0.717) is 0 Å². The van der Waals surface area contributed by atoms with Crippen molar-refractivity contribution in [2.75, 3.05) is 20.3 Å². The van der Waals surface area contributed by atoms with Crippen LogP contribution in [0.2, 0.25) is 0 Å². The number of hydrogen-bond donors (Lipinski definition) is 2. The van der Waals surface area contributed by atoms with Gasteiger partial charge in [-0.2, -0.15) is 5.01 Å². The molecule has 0 amide bonds. The van der Waals surface area contributed by atoms with Crippen molar-refractivity contribution in [3.05, 3.63) is 0 Å². The van der Waals surface area contributed by atoms with E-state index in [0.717, 1.165) is 13.2 Å². The minimum atomic E-state index is 0.181. The molecule has 0 spiro atoms. The van der Waals surface area contributed by atoms with E-state index in [1.165, 1.54) is 4.90 Å². The van der Waals surface area contributed by atoms with Gasteiger partial charge in [0.1, 0.15) is 6.67 Å². The van der Waals surface area contributed by atoms with Crippen LogP contribution in [0.3, 0.4) is 0 Å². The number of nitrogens with zero attached hydrogens (tertiary/aromatic N) is 1. The molecule has 1 aliphatic heterocycles. The summed E-state index contributed by atoms with van der Waals surface area (Å²) in [6.07, 6.45) is 0. The molecule has 1 saturated heterocycles. The number of hydrazine groups is 1. The zero-order valence-electron chi connectivity index (χ0n) is 5.85. The molecule has 9 heavy (non-hydrogen) atoms. The molecule has 0 saturated carbocycles. The Balaban J connectivity index is 2.38. The Kier molecular flexibility index (Phi) is 2.35. The summed E-state index contributed by atoms with van der Waals surface area (Å²) in [5.41, 5.74) is 3.31. The highest BCUT2D eigenvalue weighted by Crippen LogP contribution is 1.78. The molecule has 1 fully saturated rings. The van der Waals surface area contributed by atoms with Crippen LogP contribution in [-0.4, -0.2) is 30.8 Å². The van der Waals surface area contributed by atoms with Gasteiger partial charge in [-0.1, -0.05) is 0 Å². The number of quaternary nitrogens is 1. The van der Waals surface area contributed by atoms with Gasteiger partial charge < -0.3 is 17.5 Å². The van der Waals surface area contributed by atoms with Gasteiger partial charge in [-0.15, -0.1) is 0 Å². The van der Waals surface area contributed by atoms with Crippen molar-refractivity contribution in [1.29, 1.82) is 0 Å². The lowest BCUT2D eigenvalue weighted by molar-refractivity contribution is -0.901. The summed E-state index contributed by atoms with van der Waals surface area (Å²) >= 11 is 5.11. The number of rotatable bonds is 1. The van der Waals surface area contributed by atoms with Crippen molar-refractivity contribution >= 4 is 12.6 Å². The number of hydrogen-bond acceptors (Lipinski definition) is 3. The molecule has 4 heteroatoms. The molecule has 0 radical (unpaired) electrons. The van der Waals surface area contributed by atoms with Gasteiger partial charge in [0.05, 0.1) is 6.54 Å². The smallest absolute Gasteiger partial charge is 0.145 e. The first-order valence-corrected chi connectivity index (χ1v) is 3.69. The van der Waals surface area contributed by atoms with Crippen molar-refractivity contribution in [2.24, 2.45) is 0 Å². The third-order valence-electron chi connectivity index (χ3n) is 1.60. The maximum atomic E-state index is 5.11. The molecule has 1 aliphatic rings. The zero-order valence-corrected chi connectivity index (χ0v) is 6.66. The second-order valence-corrected chi connectivity index (χ2v) is 2.85. The van der Waals surface area contributed by atoms with E-state index in [1.54, 1.807) is 0 Å². The summed E-state index contributed by atoms with van der Waals surface area (Å²) in [7, 11) is 2.02. The zero-order chi connectivity index (χ0) is 6.85. The molecule has 54 valence electrons. The van der Waals surface area contributed by atoms with Gasteiger partial charge in [-0.3, -0.25) is 0 Å². The van der Waals surface area contributed by atoms with Crippen molar-refractivity contribution in [2.45, 2.75) is 12.4 Å². The van der Waals surface area contributed by atoms with E-state index in [-0.39, 0.29) is 5.50 Å². The van der Waals surface area contributed by atoms with Gasteiger partial charge >= 0.3 is 0 Å². The first kappa shape index (κ1) is 7.34. The molecule has 1 heterocycles. The second-order valence-electron chi connectivity index (χ2n) is 2.38. The molecule has 2 unspecified atom stereocenters. The number of nitrogens with one attached hydrogen (secondary N) is 2. The van der Waals surface area contributed by atoms with E-state index >= 15 is 0 Å². The predicted octanol–water partition coefficient (Wildman–Crippen LogP) is -1.87. The van der Waals surface area contributed by atoms with Gasteiger partial charge in [-0.25, -0.2) is 5.43 Å². The molecule has 0 bridgehead atoms. The van der Waals surface area contributed by atoms with E-state index in [2.05, 4.69) is 12.3 Å². The normalized spacial score (nSPS) is 37.7. The van der Waals surface area contributed by atoms with Crippen LogP contribution in [-0.2, 0) is 12.6 Å². The van der Waals surface area contributed by atoms with Crippen LogP contribution in [0.25, 0.3) is 0 Å². The highest BCUT2D eigenvalue weighted by Gasteiger charge is 2.19. The van der Waals surface area contributed by atoms with Crippen LogP contribution < -0.4 is 10.3 Å². The van der Waals surface area contributed by atoms with Gasteiger partial charge in [0.15, 0.2) is 0 Å². The van der Waals surface area contributed by atoms with Crippen molar-refractivity contribution in [3.8, 4) is 0 Å². The average Bonchev–Trinajstić information content (AvgIpc) is 2.10. The van der Waals surface area contributed by atoms with E-state index in [4.69, 9.17) is 12.6 Å². The van der Waals surface area contributed by atoms with E-state index in [9.17, 15) is 0 Å². The molecule has 0 aliphatic carbocycles. The Hall–Kier alpha value is 0.230. The monoisotopic (exact) mass is 147 g/mol. The SMILES string of the molecule is CC[NH+]1CN(C)NC1[S-]. The largest absolute Gasteiger partial charge is 0.709 e. The van der Waals surface area contributed by atoms with Gasteiger partial charge in [-0.05, 0) is 6.92 Å². The van der Waals surface area contributed by atoms with Crippen LogP contribution in [0.4, 0.5) is 0 Å². The molecular weight excluding hydrogens is 134 g/mol. The Bertz CT molecular complexity index is 98.2. The molecule has 0 aromatic rings. The maximum absolute atomic E-state index is 5.11. The maximum Gasteiger partial charge on any atom is 0.145 e. The predicted molar refractivity (Wildman–Crippen MR) is 38.4 cm³/mol. The lowest BCUT2D eigenvalue weighted by Gasteiger charge is -2.21. The summed E-state index contributed by atoms with van der Waals surface area (Å²) in [4.78, 5) is 1.42.